The summed E-state index contributed by atoms with van der Waals surface area (Å²) in [7, 11) is 0. The summed E-state index contributed by atoms with van der Waals surface area (Å²) in [5, 5.41) is 0. The zero-order chi connectivity index (χ0) is 9.19. The van der Waals surface area contributed by atoms with Crippen LogP contribution in [0.3, 0.4) is 0 Å². The molecule has 1 fully saturated rings. The summed E-state index contributed by atoms with van der Waals surface area (Å²) >= 11 is 0. The van der Waals surface area contributed by atoms with Gasteiger partial charge in [0.25, 0.3) is 0 Å². The van der Waals surface area contributed by atoms with Gasteiger partial charge < -0.3 is 0 Å². The van der Waals surface area contributed by atoms with Crippen LogP contribution in [0.4, 0.5) is 0 Å². The Morgan fingerprint density at radius 2 is 1.85 bits per heavy atom. The first-order valence-electron chi connectivity index (χ1n) is 4.56. The van der Waals surface area contributed by atoms with Gasteiger partial charge in [0, 0.05) is 5.92 Å². The molecule has 13 heavy (non-hydrogen) atoms. The number of carbonyl (C=O) groups is 1. The predicted molar refractivity (Wildman–Crippen MR) is 55.3 cm³/mol. The standard InChI is InChI=1S/C9H18N2O.ClH/c1-9(2)5-3-7(4-6-9)8(12)11-10;/h7H,3-6,10H2,1-2H3,(H,11,12);1H. The number of nitrogens with two attached hydrogens (primary N) is 1. The largest absolute Gasteiger partial charge is 0.294 e. The minimum Gasteiger partial charge on any atom is -0.294 e. The topological polar surface area (TPSA) is 55.1 Å². The Kier molecular flexibility index (Phi) is 4.71. The van der Waals surface area contributed by atoms with Crippen molar-refractivity contribution in [1.29, 1.82) is 0 Å². The molecular formula is C9H19ClN2O. The van der Waals surface area contributed by atoms with Gasteiger partial charge in [-0.05, 0) is 31.1 Å². The van der Waals surface area contributed by atoms with Crippen LogP contribution in [0.2, 0.25) is 0 Å². The lowest BCUT2D eigenvalue weighted by atomic mass is 9.73. The fraction of sp³-hybridized carbons (Fsp3) is 0.889. The highest BCUT2D eigenvalue weighted by Crippen LogP contribution is 2.37. The van der Waals surface area contributed by atoms with E-state index in [4.69, 9.17) is 5.84 Å². The van der Waals surface area contributed by atoms with Crippen LogP contribution in [0.5, 0.6) is 0 Å². The van der Waals surface area contributed by atoms with Crippen LogP contribution in [0.25, 0.3) is 0 Å². The molecule has 3 nitrogen and oxygen atoms in total. The molecule has 1 rings (SSSR count). The molecule has 1 saturated carbocycles. The maximum Gasteiger partial charge on any atom is 0.236 e. The van der Waals surface area contributed by atoms with Gasteiger partial charge in [-0.3, -0.25) is 10.2 Å². The molecule has 0 radical (unpaired) electrons. The summed E-state index contributed by atoms with van der Waals surface area (Å²) in [4.78, 5) is 11.1. The molecule has 0 heterocycles. The van der Waals surface area contributed by atoms with Crippen molar-refractivity contribution < 1.29 is 4.79 Å². The Hall–Kier alpha value is -0.280. The fourth-order valence-electron chi connectivity index (χ4n) is 1.78. The monoisotopic (exact) mass is 206 g/mol. The molecule has 1 aliphatic carbocycles. The molecule has 0 aromatic carbocycles. The summed E-state index contributed by atoms with van der Waals surface area (Å²) in [6.45, 7) is 4.51. The van der Waals surface area contributed by atoms with Crippen molar-refractivity contribution in [3.05, 3.63) is 0 Å². The summed E-state index contributed by atoms with van der Waals surface area (Å²) in [5.74, 6) is 5.23. The van der Waals surface area contributed by atoms with Crippen molar-refractivity contribution in [2.45, 2.75) is 39.5 Å². The van der Waals surface area contributed by atoms with Gasteiger partial charge in [-0.2, -0.15) is 0 Å². The van der Waals surface area contributed by atoms with Crippen LogP contribution in [-0.2, 0) is 4.79 Å². The van der Waals surface area contributed by atoms with E-state index < -0.39 is 0 Å². The minimum absolute atomic E-state index is 0. The smallest absolute Gasteiger partial charge is 0.236 e. The third kappa shape index (κ3) is 3.53. The molecule has 0 aromatic heterocycles. The number of hydrogen-bond acceptors (Lipinski definition) is 2. The third-order valence-corrected chi connectivity index (χ3v) is 2.85. The Morgan fingerprint density at radius 1 is 1.38 bits per heavy atom. The van der Waals surface area contributed by atoms with Crippen molar-refractivity contribution in [3.8, 4) is 0 Å². The lowest BCUT2D eigenvalue weighted by Gasteiger charge is -2.33. The predicted octanol–water partition coefficient (Wildman–Crippen LogP) is 1.61. The number of halogens is 1. The Bertz CT molecular complexity index is 172. The summed E-state index contributed by atoms with van der Waals surface area (Å²) in [6.07, 6.45) is 4.22. The van der Waals surface area contributed by atoms with Gasteiger partial charge in [0.2, 0.25) is 5.91 Å². The number of hydrazine groups is 1. The zero-order valence-electron chi connectivity index (χ0n) is 8.30. The molecule has 0 saturated heterocycles. The van der Waals surface area contributed by atoms with E-state index in [1.54, 1.807) is 0 Å². The van der Waals surface area contributed by atoms with Gasteiger partial charge in [0.05, 0.1) is 0 Å². The average molecular weight is 207 g/mol. The van der Waals surface area contributed by atoms with Gasteiger partial charge in [0.15, 0.2) is 0 Å². The van der Waals surface area contributed by atoms with Gasteiger partial charge in [-0.1, -0.05) is 13.8 Å². The number of nitrogens with one attached hydrogen (secondary N) is 1. The quantitative estimate of drug-likeness (QED) is 0.389. The Morgan fingerprint density at radius 3 is 2.23 bits per heavy atom. The van der Waals surface area contributed by atoms with Gasteiger partial charge in [-0.15, -0.1) is 12.4 Å². The molecule has 0 aliphatic heterocycles. The average Bonchev–Trinajstić information content (AvgIpc) is 2.03. The molecule has 1 aliphatic rings. The van der Waals surface area contributed by atoms with E-state index in [0.717, 1.165) is 25.7 Å². The maximum absolute atomic E-state index is 11.1. The zero-order valence-corrected chi connectivity index (χ0v) is 9.12. The molecule has 1 amide bonds. The third-order valence-electron chi connectivity index (χ3n) is 2.85. The van der Waals surface area contributed by atoms with Gasteiger partial charge in [-0.25, -0.2) is 5.84 Å². The van der Waals surface area contributed by atoms with Crippen molar-refractivity contribution in [1.82, 2.24) is 5.43 Å². The first-order valence-corrected chi connectivity index (χ1v) is 4.56. The normalized spacial score (nSPS) is 21.8. The molecule has 0 bridgehead atoms. The van der Waals surface area contributed by atoms with Crippen LogP contribution >= 0.6 is 12.4 Å². The van der Waals surface area contributed by atoms with E-state index in [0.29, 0.717) is 5.41 Å². The molecule has 0 spiro atoms. The van der Waals surface area contributed by atoms with Crippen molar-refractivity contribution >= 4 is 18.3 Å². The van der Waals surface area contributed by atoms with E-state index in [9.17, 15) is 4.79 Å². The molecule has 0 atom stereocenters. The van der Waals surface area contributed by atoms with Gasteiger partial charge >= 0.3 is 0 Å². The maximum atomic E-state index is 11.1. The SMILES string of the molecule is CC1(C)CCC(C(=O)NN)CC1.Cl. The van der Waals surface area contributed by atoms with Crippen molar-refractivity contribution in [3.63, 3.8) is 0 Å². The second-order valence-corrected chi connectivity index (χ2v) is 4.45. The van der Waals surface area contributed by atoms with Crippen LogP contribution in [0.1, 0.15) is 39.5 Å². The summed E-state index contributed by atoms with van der Waals surface area (Å²) < 4.78 is 0. The lowest BCUT2D eigenvalue weighted by Crippen LogP contribution is -2.38. The number of rotatable bonds is 1. The second kappa shape index (κ2) is 4.82. The number of amides is 1. The highest BCUT2D eigenvalue weighted by Gasteiger charge is 2.29. The first kappa shape index (κ1) is 12.7. The molecule has 4 heteroatoms. The molecule has 78 valence electrons. The molecule has 3 N–H and O–H groups in total. The van der Waals surface area contributed by atoms with Gasteiger partial charge in [0.1, 0.15) is 0 Å². The van der Waals surface area contributed by atoms with Crippen LogP contribution < -0.4 is 11.3 Å². The van der Waals surface area contributed by atoms with E-state index in [2.05, 4.69) is 19.3 Å². The summed E-state index contributed by atoms with van der Waals surface area (Å²) in [6, 6.07) is 0. The first-order chi connectivity index (χ1) is 5.55. The fourth-order valence-corrected chi connectivity index (χ4v) is 1.78. The minimum atomic E-state index is 0. The van der Waals surface area contributed by atoms with Crippen LogP contribution in [0, 0.1) is 11.3 Å². The summed E-state index contributed by atoms with van der Waals surface area (Å²) in [5.41, 5.74) is 2.65. The molecular weight excluding hydrogens is 188 g/mol. The van der Waals surface area contributed by atoms with Crippen molar-refractivity contribution in [2.24, 2.45) is 17.2 Å². The Labute approximate surface area is 85.8 Å². The van der Waals surface area contributed by atoms with E-state index >= 15 is 0 Å². The Balaban J connectivity index is 0.00000144. The van der Waals surface area contributed by atoms with E-state index in [1.165, 1.54) is 0 Å². The van der Waals surface area contributed by atoms with E-state index in [-0.39, 0.29) is 24.2 Å². The van der Waals surface area contributed by atoms with Crippen molar-refractivity contribution in [2.75, 3.05) is 0 Å². The van der Waals surface area contributed by atoms with E-state index in [1.807, 2.05) is 0 Å². The number of carbonyl (C=O) groups excluding carboxylic acids is 1. The lowest BCUT2D eigenvalue weighted by molar-refractivity contribution is -0.126. The van der Waals surface area contributed by atoms with Crippen LogP contribution in [0.15, 0.2) is 0 Å². The highest BCUT2D eigenvalue weighted by molar-refractivity contribution is 5.85. The second-order valence-electron chi connectivity index (χ2n) is 4.45. The molecule has 0 aromatic rings. The number of hydrogen-bond donors (Lipinski definition) is 2. The van der Waals surface area contributed by atoms with Crippen LogP contribution in [-0.4, -0.2) is 5.91 Å². The molecule has 0 unspecified atom stereocenters. The highest BCUT2D eigenvalue weighted by atomic mass is 35.5.